The number of carbonyl (C=O) groups is 2. The number of rotatable bonds is 8. The van der Waals surface area contributed by atoms with Crippen LogP contribution in [0, 0.1) is 15.9 Å². The summed E-state index contributed by atoms with van der Waals surface area (Å²) in [6.45, 7) is -0.119. The highest BCUT2D eigenvalue weighted by Crippen LogP contribution is 2.21. The summed E-state index contributed by atoms with van der Waals surface area (Å²) >= 11 is 0. The van der Waals surface area contributed by atoms with Crippen LogP contribution in [0.1, 0.15) is 22.4 Å². The molecule has 40 heavy (non-hydrogen) atoms. The number of aromatic amines is 1. The van der Waals surface area contributed by atoms with Crippen molar-refractivity contribution in [1.29, 1.82) is 0 Å². The van der Waals surface area contributed by atoms with E-state index < -0.39 is 28.2 Å². The van der Waals surface area contributed by atoms with Crippen LogP contribution in [0.5, 0.6) is 5.75 Å². The molecule has 2 N–H and O–H groups in total. The molecule has 0 unspecified atom stereocenters. The molecule has 5 rings (SSSR count). The van der Waals surface area contributed by atoms with Gasteiger partial charge >= 0.3 is 6.03 Å². The molecular weight excluding hydrogens is 521 g/mol. The normalized spacial score (nSPS) is 14.1. The largest absolute Gasteiger partial charge is 0.497 e. The second-order valence-electron chi connectivity index (χ2n) is 8.95. The van der Waals surface area contributed by atoms with Crippen molar-refractivity contribution in [2.24, 2.45) is 0 Å². The molecule has 4 aromatic rings. The summed E-state index contributed by atoms with van der Waals surface area (Å²) in [5.74, 6) is -0.458. The van der Waals surface area contributed by atoms with Gasteiger partial charge in [0.25, 0.3) is 17.2 Å². The molecule has 0 aliphatic carbocycles. The van der Waals surface area contributed by atoms with E-state index in [1.807, 2.05) is 0 Å². The van der Waals surface area contributed by atoms with Crippen LogP contribution in [-0.2, 0) is 17.8 Å². The van der Waals surface area contributed by atoms with E-state index >= 15 is 0 Å². The van der Waals surface area contributed by atoms with Gasteiger partial charge in [-0.3, -0.25) is 29.7 Å². The van der Waals surface area contributed by atoms with Gasteiger partial charge in [-0.05, 0) is 53.6 Å². The summed E-state index contributed by atoms with van der Waals surface area (Å²) in [5, 5.41) is 16.5. The summed E-state index contributed by atoms with van der Waals surface area (Å²) < 4.78 is 19.9. The van der Waals surface area contributed by atoms with Crippen molar-refractivity contribution in [3.8, 4) is 11.4 Å². The van der Waals surface area contributed by atoms with Gasteiger partial charge in [-0.15, -0.1) is 0 Å². The molecule has 0 bridgehead atoms. The molecule has 3 aromatic carbocycles. The van der Waals surface area contributed by atoms with Crippen LogP contribution in [0.25, 0.3) is 11.8 Å². The molecule has 0 atom stereocenters. The van der Waals surface area contributed by atoms with Gasteiger partial charge in [0.1, 0.15) is 17.3 Å². The standard InChI is InChI=1S/C28H22FN5O6/c1-40-22-12-10-20(11-13-22)33-26(35)23(24(31-33)14-17-2-6-19(29)7-3-17)15-25-27(36)32(28(37)30-25)16-18-4-8-21(9-5-18)34(38)39/h2-13,15,31H,14,16H2,1H3,(H,30,37)/b25-15-. The van der Waals surface area contributed by atoms with Gasteiger partial charge in [0.05, 0.1) is 29.8 Å². The molecule has 2 heterocycles. The van der Waals surface area contributed by atoms with Crippen molar-refractivity contribution in [2.45, 2.75) is 13.0 Å². The number of H-pyrrole nitrogens is 1. The highest BCUT2D eigenvalue weighted by Gasteiger charge is 2.34. The Kier molecular flexibility index (Phi) is 6.98. The molecule has 1 saturated heterocycles. The van der Waals surface area contributed by atoms with E-state index in [0.717, 1.165) is 4.90 Å². The summed E-state index contributed by atoms with van der Waals surface area (Å²) in [4.78, 5) is 50.6. The summed E-state index contributed by atoms with van der Waals surface area (Å²) in [5.41, 5.74) is 1.63. The number of carbonyl (C=O) groups excluding carboxylic acids is 2. The molecule has 11 nitrogen and oxygen atoms in total. The Morgan fingerprint density at radius 1 is 0.950 bits per heavy atom. The fourth-order valence-electron chi connectivity index (χ4n) is 4.26. The summed E-state index contributed by atoms with van der Waals surface area (Å²) in [6, 6.07) is 17.3. The van der Waals surface area contributed by atoms with Gasteiger partial charge in [-0.2, -0.15) is 0 Å². The molecule has 1 aliphatic heterocycles. The number of non-ortho nitro benzene ring substituents is 1. The van der Waals surface area contributed by atoms with Gasteiger partial charge in [0, 0.05) is 24.2 Å². The van der Waals surface area contributed by atoms with E-state index in [-0.39, 0.29) is 29.9 Å². The zero-order valence-corrected chi connectivity index (χ0v) is 21.1. The van der Waals surface area contributed by atoms with Crippen LogP contribution < -0.4 is 15.6 Å². The highest BCUT2D eigenvalue weighted by atomic mass is 19.1. The van der Waals surface area contributed by atoms with E-state index in [1.54, 1.807) is 36.4 Å². The maximum Gasteiger partial charge on any atom is 0.329 e. The summed E-state index contributed by atoms with van der Waals surface area (Å²) in [6.07, 6.45) is 1.53. The molecule has 1 aromatic heterocycles. The second kappa shape index (κ2) is 10.7. The first-order chi connectivity index (χ1) is 19.2. The SMILES string of the molecule is COc1ccc(-n2[nH]c(Cc3ccc(F)cc3)c(/C=C3\NC(=O)N(Cc4ccc([N+](=O)[O-])cc4)C3=O)c2=O)cc1. The Morgan fingerprint density at radius 2 is 1.60 bits per heavy atom. The maximum absolute atomic E-state index is 13.5. The Balaban J connectivity index is 1.49. The van der Waals surface area contributed by atoms with Crippen molar-refractivity contribution in [3.05, 3.63) is 127 Å². The zero-order chi connectivity index (χ0) is 28.4. The first-order valence-electron chi connectivity index (χ1n) is 12.0. The molecule has 3 amide bonds. The quantitative estimate of drug-likeness (QED) is 0.150. The number of amides is 3. The number of nitro benzene ring substituents is 1. The highest BCUT2D eigenvalue weighted by molar-refractivity contribution is 6.13. The van der Waals surface area contributed by atoms with E-state index in [1.165, 1.54) is 54.3 Å². The fourth-order valence-corrected chi connectivity index (χ4v) is 4.26. The molecule has 0 spiro atoms. The number of hydrogen-bond acceptors (Lipinski definition) is 6. The number of benzene rings is 3. The number of aromatic nitrogens is 2. The third-order valence-electron chi connectivity index (χ3n) is 6.37. The minimum Gasteiger partial charge on any atom is -0.497 e. The van der Waals surface area contributed by atoms with Gasteiger partial charge in [-0.25, -0.2) is 13.9 Å². The van der Waals surface area contributed by atoms with E-state index in [4.69, 9.17) is 4.74 Å². The van der Waals surface area contributed by atoms with E-state index in [2.05, 4.69) is 10.4 Å². The maximum atomic E-state index is 13.5. The zero-order valence-electron chi connectivity index (χ0n) is 21.1. The van der Waals surface area contributed by atoms with Gasteiger partial charge in [0.2, 0.25) is 0 Å². The first kappa shape index (κ1) is 26.1. The number of nitrogens with one attached hydrogen (secondary N) is 2. The molecule has 12 heteroatoms. The predicted octanol–water partition coefficient (Wildman–Crippen LogP) is 3.91. The molecule has 1 aliphatic rings. The van der Waals surface area contributed by atoms with Crippen molar-refractivity contribution in [2.75, 3.05) is 7.11 Å². The average molecular weight is 544 g/mol. The molecule has 202 valence electrons. The van der Waals surface area contributed by atoms with E-state index in [9.17, 15) is 28.9 Å². The lowest BCUT2D eigenvalue weighted by Gasteiger charge is -2.11. The monoisotopic (exact) mass is 543 g/mol. The number of hydrogen-bond donors (Lipinski definition) is 2. The first-order valence-corrected chi connectivity index (χ1v) is 12.0. The second-order valence-corrected chi connectivity index (χ2v) is 8.95. The molecule has 1 fully saturated rings. The number of methoxy groups -OCH3 is 1. The Bertz CT molecular complexity index is 1690. The van der Waals surface area contributed by atoms with E-state index in [0.29, 0.717) is 28.3 Å². The smallest absolute Gasteiger partial charge is 0.329 e. The number of urea groups is 1. The summed E-state index contributed by atoms with van der Waals surface area (Å²) in [7, 11) is 1.53. The fraction of sp³-hybridized carbons (Fsp3) is 0.107. The third kappa shape index (κ3) is 5.23. The third-order valence-corrected chi connectivity index (χ3v) is 6.37. The van der Waals surface area contributed by atoms with Crippen LogP contribution in [0.3, 0.4) is 0 Å². The number of ether oxygens (including phenoxy) is 1. The molecule has 0 saturated carbocycles. The lowest BCUT2D eigenvalue weighted by Crippen LogP contribution is -2.30. The lowest BCUT2D eigenvalue weighted by atomic mass is 10.1. The van der Waals surface area contributed by atoms with Gasteiger partial charge < -0.3 is 10.1 Å². The number of halogens is 1. The van der Waals surface area contributed by atoms with Gasteiger partial charge in [0.15, 0.2) is 0 Å². The van der Waals surface area contributed by atoms with Crippen molar-refractivity contribution in [3.63, 3.8) is 0 Å². The van der Waals surface area contributed by atoms with Crippen LogP contribution in [0.15, 0.2) is 83.3 Å². The number of nitro groups is 1. The average Bonchev–Trinajstić information content (AvgIpc) is 3.40. The minimum atomic E-state index is -0.694. The lowest BCUT2D eigenvalue weighted by molar-refractivity contribution is -0.384. The Hall–Kier alpha value is -5.52. The van der Waals surface area contributed by atoms with Crippen molar-refractivity contribution in [1.82, 2.24) is 20.0 Å². The molecule has 0 radical (unpaired) electrons. The van der Waals surface area contributed by atoms with Crippen LogP contribution in [-0.4, -0.2) is 38.7 Å². The van der Waals surface area contributed by atoms with Crippen LogP contribution in [0.4, 0.5) is 14.9 Å². The van der Waals surface area contributed by atoms with Crippen molar-refractivity contribution < 1.29 is 23.6 Å². The Labute approximate surface area is 226 Å². The van der Waals surface area contributed by atoms with Crippen molar-refractivity contribution >= 4 is 23.7 Å². The van der Waals surface area contributed by atoms with Gasteiger partial charge in [-0.1, -0.05) is 24.3 Å². The minimum absolute atomic E-state index is 0.106. The predicted molar refractivity (Wildman–Crippen MR) is 142 cm³/mol. The van der Waals surface area contributed by atoms with Crippen LogP contribution in [0.2, 0.25) is 0 Å². The molecular formula is C28H22FN5O6. The van der Waals surface area contributed by atoms with Crippen LogP contribution >= 0.6 is 0 Å². The topological polar surface area (TPSA) is 140 Å². The number of imide groups is 1. The Morgan fingerprint density at radius 3 is 2.23 bits per heavy atom. The number of nitrogens with zero attached hydrogens (tertiary/aromatic N) is 3.